The summed E-state index contributed by atoms with van der Waals surface area (Å²) < 4.78 is 0. The Kier molecular flexibility index (Phi) is 6.06. The average Bonchev–Trinajstić information content (AvgIpc) is 2.18. The molecule has 0 aromatic heterocycles. The molecule has 1 rings (SSSR count). The minimum absolute atomic E-state index is 1.13. The molecular formula is C13H23B. The van der Waals surface area contributed by atoms with Gasteiger partial charge in [0, 0.05) is 0 Å². The molecule has 0 saturated heterocycles. The van der Waals surface area contributed by atoms with Crippen LogP contribution in [0.3, 0.4) is 0 Å². The maximum Gasteiger partial charge on any atom is 0.107 e. The molecule has 0 fully saturated rings. The predicted molar refractivity (Wildman–Crippen MR) is 64.6 cm³/mol. The Morgan fingerprint density at radius 2 is 1.14 bits per heavy atom. The van der Waals surface area contributed by atoms with Crippen molar-refractivity contribution in [2.75, 3.05) is 0 Å². The Balaban J connectivity index is 2.37. The first-order valence-electron chi connectivity index (χ1n) is 6.25. The van der Waals surface area contributed by atoms with Gasteiger partial charge in [-0.15, -0.1) is 5.47 Å². The van der Waals surface area contributed by atoms with Crippen molar-refractivity contribution >= 4 is 7.85 Å². The first-order valence-corrected chi connectivity index (χ1v) is 6.25. The summed E-state index contributed by atoms with van der Waals surface area (Å²) >= 11 is 0. The molecule has 0 nitrogen and oxygen atoms in total. The highest BCUT2D eigenvalue weighted by atomic mass is 14.0. The van der Waals surface area contributed by atoms with Gasteiger partial charge in [0.2, 0.25) is 0 Å². The summed E-state index contributed by atoms with van der Waals surface area (Å²) in [5, 5.41) is 0. The van der Waals surface area contributed by atoms with E-state index in [9.17, 15) is 0 Å². The lowest BCUT2D eigenvalue weighted by molar-refractivity contribution is 0.561. The normalized spacial score (nSPS) is 27.8. The van der Waals surface area contributed by atoms with Gasteiger partial charge in [-0.1, -0.05) is 50.5 Å². The molecule has 0 aromatic rings. The summed E-state index contributed by atoms with van der Waals surface area (Å²) in [7, 11) is 6.04. The molecule has 0 amide bonds. The fraction of sp³-hybridized carbons (Fsp3) is 0.846. The molecule has 0 atom stereocenters. The van der Waals surface area contributed by atoms with Gasteiger partial charge < -0.3 is 0 Å². The largest absolute Gasteiger partial charge is 0.119 e. The van der Waals surface area contributed by atoms with Crippen LogP contribution >= 0.6 is 0 Å². The van der Waals surface area contributed by atoms with Crippen LogP contribution in [0.15, 0.2) is 11.0 Å². The van der Waals surface area contributed by atoms with Crippen molar-refractivity contribution < 1.29 is 0 Å². The highest BCUT2D eigenvalue weighted by molar-refractivity contribution is 6.21. The minimum atomic E-state index is 1.13. The van der Waals surface area contributed by atoms with Crippen molar-refractivity contribution in [3.63, 3.8) is 0 Å². The Morgan fingerprint density at radius 3 is 1.71 bits per heavy atom. The van der Waals surface area contributed by atoms with Crippen molar-refractivity contribution in [3.05, 3.63) is 11.0 Å². The zero-order valence-electron chi connectivity index (χ0n) is 9.65. The lowest BCUT2D eigenvalue weighted by atomic mass is 9.84. The van der Waals surface area contributed by atoms with Crippen LogP contribution in [-0.4, -0.2) is 7.85 Å². The van der Waals surface area contributed by atoms with Gasteiger partial charge in [-0.2, -0.15) is 0 Å². The average molecular weight is 190 g/mol. The molecule has 0 spiro atoms. The molecule has 0 saturated carbocycles. The second-order valence-electron chi connectivity index (χ2n) is 4.63. The lowest BCUT2D eigenvalue weighted by Crippen LogP contribution is -1.92. The van der Waals surface area contributed by atoms with Crippen LogP contribution in [0.25, 0.3) is 0 Å². The van der Waals surface area contributed by atoms with Crippen LogP contribution in [0.1, 0.15) is 71.1 Å². The smallest absolute Gasteiger partial charge is 0.107 e. The first kappa shape index (κ1) is 11.9. The van der Waals surface area contributed by atoms with E-state index in [1.165, 1.54) is 68.8 Å². The predicted octanol–water partition coefficient (Wildman–Crippen LogP) is 4.34. The second kappa shape index (κ2) is 7.14. The van der Waals surface area contributed by atoms with E-state index in [1.54, 1.807) is 0 Å². The van der Waals surface area contributed by atoms with Gasteiger partial charge in [0.25, 0.3) is 0 Å². The highest BCUT2D eigenvalue weighted by Gasteiger charge is 2.00. The van der Waals surface area contributed by atoms with Crippen LogP contribution < -0.4 is 0 Å². The van der Waals surface area contributed by atoms with Crippen LogP contribution in [0, 0.1) is 0 Å². The Bertz CT molecular complexity index is 162. The summed E-state index contributed by atoms with van der Waals surface area (Å²) in [5.74, 6) is 0. The summed E-state index contributed by atoms with van der Waals surface area (Å²) in [6, 6.07) is 0. The van der Waals surface area contributed by atoms with Crippen molar-refractivity contribution in [1.29, 1.82) is 0 Å². The van der Waals surface area contributed by atoms with Crippen molar-refractivity contribution in [1.82, 2.24) is 0 Å². The van der Waals surface area contributed by atoms with Crippen molar-refractivity contribution in [2.45, 2.75) is 71.1 Å². The molecule has 0 N–H and O–H groups in total. The summed E-state index contributed by atoms with van der Waals surface area (Å²) in [4.78, 5) is 0. The van der Waals surface area contributed by atoms with E-state index in [1.807, 2.05) is 0 Å². The zero-order valence-corrected chi connectivity index (χ0v) is 9.65. The Labute approximate surface area is 90.6 Å². The van der Waals surface area contributed by atoms with Crippen LogP contribution in [-0.2, 0) is 0 Å². The summed E-state index contributed by atoms with van der Waals surface area (Å²) in [6.07, 6.45) is 13.5. The van der Waals surface area contributed by atoms with Crippen LogP contribution in [0.4, 0.5) is 0 Å². The van der Waals surface area contributed by atoms with Gasteiger partial charge in [-0.05, 0) is 26.2 Å². The molecule has 0 bridgehead atoms. The number of hydrogen-bond acceptors (Lipinski definition) is 0. The third-order valence-electron chi connectivity index (χ3n) is 3.30. The Morgan fingerprint density at radius 1 is 0.714 bits per heavy atom. The van der Waals surface area contributed by atoms with E-state index in [2.05, 4.69) is 6.92 Å². The molecule has 14 heavy (non-hydrogen) atoms. The molecular weight excluding hydrogens is 167 g/mol. The second-order valence-corrected chi connectivity index (χ2v) is 4.63. The van der Waals surface area contributed by atoms with Crippen molar-refractivity contribution in [2.24, 2.45) is 0 Å². The third kappa shape index (κ3) is 4.88. The fourth-order valence-electron chi connectivity index (χ4n) is 2.14. The number of hydrogen-bond donors (Lipinski definition) is 0. The van der Waals surface area contributed by atoms with E-state index >= 15 is 0 Å². The van der Waals surface area contributed by atoms with E-state index in [4.69, 9.17) is 7.85 Å². The molecule has 1 aliphatic rings. The van der Waals surface area contributed by atoms with Gasteiger partial charge in [0.1, 0.15) is 7.85 Å². The topological polar surface area (TPSA) is 0 Å². The first-order chi connectivity index (χ1) is 6.80. The third-order valence-corrected chi connectivity index (χ3v) is 3.30. The standard InChI is InChI=1S/C13H23B/c1-12-10-8-6-4-2-3-5-7-9-11-13(12)14/h2-11H2,1H3/b13-12+. The molecule has 78 valence electrons. The number of allylic oxidation sites excluding steroid dienone is 2. The number of rotatable bonds is 0. The minimum Gasteiger partial charge on any atom is -0.119 e. The maximum atomic E-state index is 6.04. The van der Waals surface area contributed by atoms with Gasteiger partial charge >= 0.3 is 0 Å². The quantitative estimate of drug-likeness (QED) is 0.498. The maximum absolute atomic E-state index is 6.04. The molecule has 1 aliphatic carbocycles. The zero-order chi connectivity index (χ0) is 10.2. The van der Waals surface area contributed by atoms with Crippen LogP contribution in [0.5, 0.6) is 0 Å². The molecule has 0 aliphatic heterocycles. The van der Waals surface area contributed by atoms with Gasteiger partial charge in [-0.3, -0.25) is 0 Å². The molecule has 0 heterocycles. The van der Waals surface area contributed by atoms with Crippen LogP contribution in [0.2, 0.25) is 0 Å². The van der Waals surface area contributed by atoms with E-state index in [-0.39, 0.29) is 0 Å². The monoisotopic (exact) mass is 190 g/mol. The lowest BCUT2D eigenvalue weighted by Gasteiger charge is -2.10. The molecule has 2 radical (unpaired) electrons. The van der Waals surface area contributed by atoms with E-state index in [0.29, 0.717) is 0 Å². The molecule has 0 aromatic carbocycles. The molecule has 1 heteroatoms. The summed E-state index contributed by atoms with van der Waals surface area (Å²) in [5.41, 5.74) is 2.62. The van der Waals surface area contributed by atoms with Gasteiger partial charge in [-0.25, -0.2) is 0 Å². The molecule has 0 unspecified atom stereocenters. The fourth-order valence-corrected chi connectivity index (χ4v) is 2.14. The van der Waals surface area contributed by atoms with E-state index < -0.39 is 0 Å². The Hall–Kier alpha value is -0.195. The highest BCUT2D eigenvalue weighted by Crippen LogP contribution is 2.19. The van der Waals surface area contributed by atoms with Gasteiger partial charge in [0.05, 0.1) is 0 Å². The summed E-state index contributed by atoms with van der Waals surface area (Å²) in [6.45, 7) is 2.21. The van der Waals surface area contributed by atoms with Crippen molar-refractivity contribution in [3.8, 4) is 0 Å². The van der Waals surface area contributed by atoms with Gasteiger partial charge in [0.15, 0.2) is 0 Å². The SMILES string of the molecule is [B]/C1=C(\C)CCCCCCCCCC1. The van der Waals surface area contributed by atoms with E-state index in [0.717, 1.165) is 6.42 Å².